The van der Waals surface area contributed by atoms with Gasteiger partial charge in [-0.25, -0.2) is 0 Å². The SMILES string of the molecule is CC(C)c1cc(C(C)C)c(B2/C(=C3/B(c4c(C(C)C)cc(C(C)C)cc4C(C)C)c4ccccc43)c3ccccc32)c(C(C)C)c1. The third kappa shape index (κ3) is 5.25. The number of fused-ring (bicyclic) bond motifs is 2. The lowest BCUT2D eigenvalue weighted by Crippen LogP contribution is -2.62. The predicted molar refractivity (Wildman–Crippen MR) is 207 cm³/mol. The number of hydrogen-bond acceptors (Lipinski definition) is 0. The molecule has 2 heterocycles. The maximum absolute atomic E-state index is 2.55. The first-order chi connectivity index (χ1) is 21.8. The van der Waals surface area contributed by atoms with Gasteiger partial charge in [0.15, 0.2) is 0 Å². The average Bonchev–Trinajstić information content (AvgIpc) is 2.99. The summed E-state index contributed by atoms with van der Waals surface area (Å²) in [6, 6.07) is 28.8. The minimum absolute atomic E-state index is 0.290. The van der Waals surface area contributed by atoms with Gasteiger partial charge in [0.05, 0.1) is 0 Å². The highest BCUT2D eigenvalue weighted by Crippen LogP contribution is 2.43. The zero-order valence-corrected chi connectivity index (χ0v) is 30.5. The summed E-state index contributed by atoms with van der Waals surface area (Å²) in [7, 11) is 0. The highest BCUT2D eigenvalue weighted by molar-refractivity contribution is 7.15. The minimum Gasteiger partial charge on any atom is -0.0664 e. The number of hydrogen-bond donors (Lipinski definition) is 0. The van der Waals surface area contributed by atoms with Crippen LogP contribution in [0.4, 0.5) is 0 Å². The minimum atomic E-state index is 0.290. The van der Waals surface area contributed by atoms with Crippen molar-refractivity contribution in [3.8, 4) is 0 Å². The van der Waals surface area contributed by atoms with Crippen LogP contribution in [0.1, 0.15) is 163 Å². The Morgan fingerprint density at radius 1 is 0.370 bits per heavy atom. The van der Waals surface area contributed by atoms with Gasteiger partial charge in [-0.3, -0.25) is 0 Å². The predicted octanol–water partition coefficient (Wildman–Crippen LogP) is 9.66. The van der Waals surface area contributed by atoms with Gasteiger partial charge in [-0.1, -0.05) is 189 Å². The van der Waals surface area contributed by atoms with Gasteiger partial charge in [0.1, 0.15) is 0 Å². The molecule has 0 atom stereocenters. The molecule has 4 aromatic rings. The molecule has 0 spiro atoms. The van der Waals surface area contributed by atoms with Gasteiger partial charge >= 0.3 is 0 Å². The number of rotatable bonds is 8. The van der Waals surface area contributed by atoms with Crippen molar-refractivity contribution in [2.24, 2.45) is 0 Å². The molecule has 0 saturated heterocycles. The van der Waals surface area contributed by atoms with Gasteiger partial charge in [0.25, 0.3) is 0 Å². The first kappa shape index (κ1) is 32.7. The van der Waals surface area contributed by atoms with E-state index >= 15 is 0 Å². The second-order valence-corrected chi connectivity index (χ2v) is 16.0. The fourth-order valence-electron chi connectivity index (χ4n) is 8.35. The van der Waals surface area contributed by atoms with Crippen LogP contribution in [0.25, 0.3) is 10.9 Å². The molecular weight excluding hydrogens is 550 g/mol. The monoisotopic (exact) mass is 604 g/mol. The molecule has 236 valence electrons. The molecule has 0 fully saturated rings. The Bertz CT molecular complexity index is 1620. The molecule has 0 bridgehead atoms. The van der Waals surface area contributed by atoms with Crippen LogP contribution in [0.15, 0.2) is 72.8 Å². The van der Waals surface area contributed by atoms with Crippen LogP contribution < -0.4 is 21.9 Å². The zero-order valence-electron chi connectivity index (χ0n) is 30.5. The summed E-state index contributed by atoms with van der Waals surface area (Å²) in [6.07, 6.45) is 0. The van der Waals surface area contributed by atoms with Gasteiger partial charge in [-0.05, 0) is 80.0 Å². The van der Waals surface area contributed by atoms with E-state index in [1.165, 1.54) is 55.4 Å². The summed E-state index contributed by atoms with van der Waals surface area (Å²) in [5.41, 5.74) is 21.2. The summed E-state index contributed by atoms with van der Waals surface area (Å²) >= 11 is 0. The molecule has 0 aliphatic carbocycles. The normalized spacial score (nSPS) is 15.8. The van der Waals surface area contributed by atoms with E-state index in [9.17, 15) is 0 Å². The maximum atomic E-state index is 2.55. The lowest BCUT2D eigenvalue weighted by atomic mass is 9.17. The van der Waals surface area contributed by atoms with Crippen LogP contribution in [0, 0.1) is 0 Å². The highest BCUT2D eigenvalue weighted by Gasteiger charge is 2.49. The van der Waals surface area contributed by atoms with E-state index in [0.29, 0.717) is 35.5 Å². The zero-order chi connectivity index (χ0) is 33.2. The van der Waals surface area contributed by atoms with Crippen molar-refractivity contribution >= 4 is 46.2 Å². The molecular formula is C44H54B2. The van der Waals surface area contributed by atoms with Crippen LogP contribution in [-0.2, 0) is 0 Å². The summed E-state index contributed by atoms with van der Waals surface area (Å²) in [4.78, 5) is 0. The van der Waals surface area contributed by atoms with E-state index in [4.69, 9.17) is 0 Å². The Morgan fingerprint density at radius 3 is 0.913 bits per heavy atom. The molecule has 6 rings (SSSR count). The van der Waals surface area contributed by atoms with Gasteiger partial charge in [-0.2, -0.15) is 0 Å². The quantitative estimate of drug-likeness (QED) is 0.176. The van der Waals surface area contributed by atoms with Crippen LogP contribution in [0.3, 0.4) is 0 Å². The van der Waals surface area contributed by atoms with Crippen LogP contribution in [0.2, 0.25) is 0 Å². The Hall–Kier alpha value is -3.25. The van der Waals surface area contributed by atoms with Crippen LogP contribution >= 0.6 is 0 Å². The Kier molecular flexibility index (Phi) is 8.82. The largest absolute Gasteiger partial charge is 0.242 e. The van der Waals surface area contributed by atoms with Crippen LogP contribution in [-0.4, -0.2) is 13.4 Å². The first-order valence-electron chi connectivity index (χ1n) is 18.1. The Labute approximate surface area is 281 Å². The van der Waals surface area contributed by atoms with Crippen LogP contribution in [0.5, 0.6) is 0 Å². The lowest BCUT2D eigenvalue weighted by Gasteiger charge is -2.44. The van der Waals surface area contributed by atoms with Crippen molar-refractivity contribution in [1.29, 1.82) is 0 Å². The molecule has 2 heteroatoms. The van der Waals surface area contributed by atoms with E-state index in [0.717, 1.165) is 0 Å². The fourth-order valence-corrected chi connectivity index (χ4v) is 8.35. The molecule has 0 unspecified atom stereocenters. The third-order valence-electron chi connectivity index (χ3n) is 10.9. The van der Waals surface area contributed by atoms with Gasteiger partial charge in [-0.15, -0.1) is 0 Å². The molecule has 0 radical (unpaired) electrons. The molecule has 2 aliphatic rings. The van der Waals surface area contributed by atoms with E-state index < -0.39 is 0 Å². The highest BCUT2D eigenvalue weighted by atomic mass is 14.3. The van der Waals surface area contributed by atoms with Gasteiger partial charge in [0, 0.05) is 0 Å². The van der Waals surface area contributed by atoms with Gasteiger partial charge in [0.2, 0.25) is 13.4 Å². The van der Waals surface area contributed by atoms with E-state index in [1.54, 1.807) is 21.9 Å². The van der Waals surface area contributed by atoms with Gasteiger partial charge < -0.3 is 0 Å². The van der Waals surface area contributed by atoms with E-state index in [-0.39, 0.29) is 13.4 Å². The second kappa shape index (κ2) is 12.4. The molecule has 0 amide bonds. The molecule has 4 aromatic carbocycles. The summed E-state index contributed by atoms with van der Waals surface area (Å²) in [5.74, 6) is 2.85. The summed E-state index contributed by atoms with van der Waals surface area (Å²) < 4.78 is 0. The summed E-state index contributed by atoms with van der Waals surface area (Å²) in [5, 5.41) is 0. The second-order valence-electron chi connectivity index (χ2n) is 16.0. The topological polar surface area (TPSA) is 0 Å². The smallest absolute Gasteiger partial charge is 0.0664 e. The molecule has 0 N–H and O–H groups in total. The van der Waals surface area contributed by atoms with Crippen molar-refractivity contribution in [2.45, 2.75) is 119 Å². The average molecular weight is 605 g/mol. The lowest BCUT2D eigenvalue weighted by molar-refractivity contribution is 0.812. The molecule has 2 aliphatic heterocycles. The fraction of sp³-hybridized carbons (Fsp3) is 0.409. The Balaban J connectivity index is 1.71. The molecule has 0 nitrogen and oxygen atoms in total. The van der Waals surface area contributed by atoms with Crippen molar-refractivity contribution in [2.75, 3.05) is 0 Å². The van der Waals surface area contributed by atoms with Crippen molar-refractivity contribution in [3.05, 3.63) is 117 Å². The number of benzene rings is 4. The van der Waals surface area contributed by atoms with Crippen molar-refractivity contribution in [1.82, 2.24) is 0 Å². The van der Waals surface area contributed by atoms with Crippen molar-refractivity contribution in [3.63, 3.8) is 0 Å². The van der Waals surface area contributed by atoms with Crippen molar-refractivity contribution < 1.29 is 0 Å². The molecule has 46 heavy (non-hydrogen) atoms. The van der Waals surface area contributed by atoms with E-state index in [2.05, 4.69) is 156 Å². The van der Waals surface area contributed by atoms with E-state index in [1.807, 2.05) is 0 Å². The standard InChI is InChI=1S/C44H54B2/c1-25(2)31-21-35(27(5)6)41(36(22-31)28(7)8)45-39-19-15-13-17-33(39)43(45)44-34-18-14-16-20-40(34)46(44)42-37(29(9)10)23-32(26(3)4)24-38(42)30(11)12/h13-30H,1-12H3/b44-43+. The maximum Gasteiger partial charge on any atom is 0.242 e. The molecule has 0 aromatic heterocycles. The first-order valence-corrected chi connectivity index (χ1v) is 18.1. The molecule has 0 saturated carbocycles. The third-order valence-corrected chi connectivity index (χ3v) is 10.9. The Morgan fingerprint density at radius 2 is 0.652 bits per heavy atom. The summed E-state index contributed by atoms with van der Waals surface area (Å²) in [6.45, 7) is 29.1.